The Kier molecular flexibility index (Phi) is 7.19. The minimum atomic E-state index is -0.707. The number of hydrogen-bond acceptors (Lipinski definition) is 11. The summed E-state index contributed by atoms with van der Waals surface area (Å²) in [7, 11) is 1.43. The molecule has 14 heteroatoms. The molecule has 3 aromatic rings. The number of aliphatic hydroxyl groups excluding tert-OH is 1. The van der Waals surface area contributed by atoms with E-state index in [-0.39, 0.29) is 53.4 Å². The van der Waals surface area contributed by atoms with Gasteiger partial charge in [0.2, 0.25) is 5.95 Å². The van der Waals surface area contributed by atoms with Crippen LogP contribution < -0.4 is 21.1 Å². The number of hydrogen-bond donors (Lipinski definition) is 3. The SMILES string of the molecule is Cn1nnn(-c2cc(Nc3ncc(C#N)c(NC4CC5CCCN5C(C)(C)C4)n3)c(F)cc2OCCO)c1=O. The average molecular weight is 539 g/mol. The number of aliphatic hydroxyl groups is 1. The van der Waals surface area contributed by atoms with Gasteiger partial charge in [-0.1, -0.05) is 0 Å². The molecule has 2 aliphatic rings. The number of piperidine rings is 1. The molecular formula is C25H31FN10O3. The maximum atomic E-state index is 15.1. The third-order valence-electron chi connectivity index (χ3n) is 7.30. The Labute approximate surface area is 224 Å². The summed E-state index contributed by atoms with van der Waals surface area (Å²) in [5.41, 5.74) is -0.195. The average Bonchev–Trinajstić information content (AvgIpc) is 3.51. The number of ether oxygens (including phenoxy) is 1. The Morgan fingerprint density at radius 1 is 1.33 bits per heavy atom. The van der Waals surface area contributed by atoms with E-state index in [2.05, 4.69) is 55.8 Å². The van der Waals surface area contributed by atoms with Crippen molar-refractivity contribution in [2.75, 3.05) is 30.4 Å². The lowest BCUT2D eigenvalue weighted by Gasteiger charge is -2.47. The normalized spacial score (nSPS) is 20.3. The molecule has 2 aromatic heterocycles. The molecule has 2 atom stereocenters. The van der Waals surface area contributed by atoms with Crippen molar-refractivity contribution in [3.05, 3.63) is 40.2 Å². The number of aryl methyl sites for hydroxylation is 1. The Balaban J connectivity index is 1.44. The van der Waals surface area contributed by atoms with Crippen LogP contribution in [0.25, 0.3) is 5.69 Å². The summed E-state index contributed by atoms with van der Waals surface area (Å²) in [5, 5.41) is 32.6. The van der Waals surface area contributed by atoms with E-state index in [1.54, 1.807) is 0 Å². The zero-order chi connectivity index (χ0) is 27.7. The van der Waals surface area contributed by atoms with Gasteiger partial charge < -0.3 is 20.5 Å². The van der Waals surface area contributed by atoms with Crippen molar-refractivity contribution in [3.8, 4) is 17.5 Å². The number of anilines is 3. The second-order valence-corrected chi connectivity index (χ2v) is 10.4. The smallest absolute Gasteiger partial charge is 0.368 e. The number of benzene rings is 1. The van der Waals surface area contributed by atoms with Crippen LogP contribution in [-0.4, -0.2) is 77.1 Å². The van der Waals surface area contributed by atoms with Gasteiger partial charge in [-0.15, -0.1) is 0 Å². The Hall–Kier alpha value is -4.09. The predicted molar refractivity (Wildman–Crippen MR) is 140 cm³/mol. The van der Waals surface area contributed by atoms with E-state index in [9.17, 15) is 10.1 Å². The summed E-state index contributed by atoms with van der Waals surface area (Å²) in [6.07, 6.45) is 5.56. The highest BCUT2D eigenvalue weighted by Gasteiger charge is 2.43. The molecule has 13 nitrogen and oxygen atoms in total. The first-order chi connectivity index (χ1) is 18.7. The van der Waals surface area contributed by atoms with E-state index in [1.165, 1.54) is 25.7 Å². The van der Waals surface area contributed by atoms with Crippen LogP contribution in [0.1, 0.15) is 45.1 Å². The Morgan fingerprint density at radius 3 is 2.87 bits per heavy atom. The van der Waals surface area contributed by atoms with Crippen LogP contribution in [0.4, 0.5) is 21.8 Å². The Morgan fingerprint density at radius 2 is 2.15 bits per heavy atom. The second-order valence-electron chi connectivity index (χ2n) is 10.4. The van der Waals surface area contributed by atoms with E-state index >= 15 is 4.39 Å². The van der Waals surface area contributed by atoms with E-state index < -0.39 is 11.5 Å². The summed E-state index contributed by atoms with van der Waals surface area (Å²) in [6, 6.07) is 5.13. The van der Waals surface area contributed by atoms with Gasteiger partial charge in [-0.3, -0.25) is 4.90 Å². The fourth-order valence-electron chi connectivity index (χ4n) is 5.61. The number of halogens is 1. The standard InChI is InChI=1S/C25H31FN10O3/c1-25(2)12-16(9-17-5-4-6-35(17)25)29-22-15(13-27)14-28-23(31-22)30-19-11-20(36-24(38)34(3)32-33-36)21(10-18(19)26)39-8-7-37/h10-11,14,16-17,37H,4-9,12H2,1-3H3,(H2,28,29,30,31). The number of tetrazole rings is 1. The third kappa shape index (κ3) is 5.27. The second kappa shape index (κ2) is 10.6. The molecular weight excluding hydrogens is 507 g/mol. The highest BCUT2D eigenvalue weighted by molar-refractivity contribution is 5.64. The van der Waals surface area contributed by atoms with Crippen LogP contribution in [-0.2, 0) is 7.05 Å². The molecule has 2 saturated heterocycles. The van der Waals surface area contributed by atoms with Gasteiger partial charge in [0, 0.05) is 30.7 Å². The number of fused-ring (bicyclic) bond motifs is 1. The van der Waals surface area contributed by atoms with E-state index in [0.29, 0.717) is 11.9 Å². The van der Waals surface area contributed by atoms with Crippen LogP contribution in [0.2, 0.25) is 0 Å². The van der Waals surface area contributed by atoms with Crippen molar-refractivity contribution in [1.82, 2.24) is 34.7 Å². The summed E-state index contributed by atoms with van der Waals surface area (Å²) in [4.78, 5) is 23.7. The molecule has 0 spiro atoms. The summed E-state index contributed by atoms with van der Waals surface area (Å²) < 4.78 is 22.5. The van der Waals surface area contributed by atoms with Crippen molar-refractivity contribution in [3.63, 3.8) is 0 Å². The lowest BCUT2D eigenvalue weighted by Crippen LogP contribution is -2.55. The first-order valence-corrected chi connectivity index (χ1v) is 12.8. The van der Waals surface area contributed by atoms with Gasteiger partial charge in [0.1, 0.15) is 35.5 Å². The summed E-state index contributed by atoms with van der Waals surface area (Å²) in [6.45, 7) is 5.18. The van der Waals surface area contributed by atoms with Gasteiger partial charge in [0.15, 0.2) is 5.82 Å². The molecule has 0 bridgehead atoms. The van der Waals surface area contributed by atoms with E-state index in [1.807, 2.05) is 0 Å². The molecule has 0 aliphatic carbocycles. The van der Waals surface area contributed by atoms with E-state index in [4.69, 9.17) is 9.84 Å². The molecule has 0 radical (unpaired) electrons. The van der Waals surface area contributed by atoms with E-state index in [0.717, 1.165) is 41.2 Å². The molecule has 5 rings (SSSR count). The van der Waals surface area contributed by atoms with Crippen molar-refractivity contribution >= 4 is 17.5 Å². The molecule has 0 saturated carbocycles. The van der Waals surface area contributed by atoms with Crippen LogP contribution in [0.3, 0.4) is 0 Å². The summed E-state index contributed by atoms with van der Waals surface area (Å²) >= 11 is 0. The number of nitriles is 1. The van der Waals surface area contributed by atoms with Crippen molar-refractivity contribution < 1.29 is 14.2 Å². The van der Waals surface area contributed by atoms with Crippen molar-refractivity contribution in [2.45, 2.75) is 57.2 Å². The highest BCUT2D eigenvalue weighted by atomic mass is 19.1. The summed E-state index contributed by atoms with van der Waals surface area (Å²) in [5.74, 6) is -0.273. The lowest BCUT2D eigenvalue weighted by molar-refractivity contribution is 0.0501. The maximum absolute atomic E-state index is 15.1. The van der Waals surface area contributed by atoms with Gasteiger partial charge in [-0.2, -0.15) is 19.6 Å². The number of nitrogens with one attached hydrogen (secondary N) is 2. The molecule has 206 valence electrons. The van der Waals surface area contributed by atoms with Crippen molar-refractivity contribution in [1.29, 1.82) is 5.26 Å². The van der Waals surface area contributed by atoms with Crippen LogP contribution in [0.5, 0.6) is 5.75 Å². The fraction of sp³-hybridized carbons (Fsp3) is 0.520. The highest BCUT2D eigenvalue weighted by Crippen LogP contribution is 2.39. The first-order valence-electron chi connectivity index (χ1n) is 12.8. The van der Waals surface area contributed by atoms with Crippen LogP contribution in [0.15, 0.2) is 23.1 Å². The minimum absolute atomic E-state index is 0.00123. The molecule has 2 aliphatic heterocycles. The van der Waals surface area contributed by atoms with Gasteiger partial charge >= 0.3 is 5.69 Å². The lowest BCUT2D eigenvalue weighted by atomic mass is 9.84. The molecule has 2 unspecified atom stereocenters. The predicted octanol–water partition coefficient (Wildman–Crippen LogP) is 1.70. The molecule has 1 aromatic carbocycles. The first kappa shape index (κ1) is 26.5. The number of rotatable bonds is 8. The molecule has 39 heavy (non-hydrogen) atoms. The maximum Gasteiger partial charge on any atom is 0.368 e. The number of aromatic nitrogens is 6. The van der Waals surface area contributed by atoms with Gasteiger partial charge in [-0.05, 0) is 62.6 Å². The Bertz CT molecular complexity index is 1460. The fourth-order valence-corrected chi connectivity index (χ4v) is 5.61. The zero-order valence-corrected chi connectivity index (χ0v) is 22.1. The quantitative estimate of drug-likeness (QED) is 0.383. The number of nitrogens with zero attached hydrogens (tertiary/aromatic N) is 8. The van der Waals surface area contributed by atoms with Gasteiger partial charge in [0.05, 0.1) is 18.5 Å². The molecule has 4 heterocycles. The third-order valence-corrected chi connectivity index (χ3v) is 7.30. The minimum Gasteiger partial charge on any atom is -0.489 e. The van der Waals surface area contributed by atoms with Gasteiger partial charge in [0.25, 0.3) is 0 Å². The largest absolute Gasteiger partial charge is 0.489 e. The van der Waals surface area contributed by atoms with Gasteiger partial charge in [-0.25, -0.2) is 14.2 Å². The topological polar surface area (TPSA) is 159 Å². The molecule has 2 fully saturated rings. The van der Waals surface area contributed by atoms with Crippen LogP contribution in [0, 0.1) is 17.1 Å². The monoisotopic (exact) mass is 538 g/mol. The molecule has 0 amide bonds. The zero-order valence-electron chi connectivity index (χ0n) is 22.1. The van der Waals surface area contributed by atoms with Crippen molar-refractivity contribution in [2.24, 2.45) is 7.05 Å². The van der Waals surface area contributed by atoms with Crippen LogP contribution >= 0.6 is 0 Å². The molecule has 3 N–H and O–H groups in total.